The lowest BCUT2D eigenvalue weighted by Crippen LogP contribution is -2.22. The molecule has 0 saturated heterocycles. The van der Waals surface area contributed by atoms with Gasteiger partial charge in [-0.1, -0.05) is 48.5 Å². The van der Waals surface area contributed by atoms with E-state index < -0.39 is 0 Å². The van der Waals surface area contributed by atoms with Gasteiger partial charge < -0.3 is 5.32 Å². The van der Waals surface area contributed by atoms with Crippen LogP contribution in [-0.2, 0) is 0 Å². The van der Waals surface area contributed by atoms with Gasteiger partial charge in [0.2, 0.25) is 0 Å². The van der Waals surface area contributed by atoms with Crippen molar-refractivity contribution >= 4 is 28.9 Å². The molecule has 1 radical (unpaired) electrons. The second kappa shape index (κ2) is 6.93. The lowest BCUT2D eigenvalue weighted by atomic mass is 9.95. The molecule has 0 aliphatic heterocycles. The summed E-state index contributed by atoms with van der Waals surface area (Å²) >= 11 is 12.3. The van der Waals surface area contributed by atoms with Gasteiger partial charge in [-0.2, -0.15) is 0 Å². The van der Waals surface area contributed by atoms with Crippen LogP contribution in [0.15, 0.2) is 30.3 Å². The number of nitrogens with one attached hydrogen (secondary N) is 1. The molecule has 1 aliphatic rings. The van der Waals surface area contributed by atoms with Crippen LogP contribution in [0, 0.1) is 13.0 Å². The molecular formula is C19H20Cl2N. The molecule has 1 nitrogen and oxygen atoms in total. The molecule has 1 fully saturated rings. The van der Waals surface area contributed by atoms with E-state index in [1.54, 1.807) is 6.07 Å². The van der Waals surface area contributed by atoms with Crippen molar-refractivity contribution in [1.29, 1.82) is 0 Å². The van der Waals surface area contributed by atoms with Crippen LogP contribution in [0.4, 0.5) is 5.69 Å². The lowest BCUT2D eigenvalue weighted by Gasteiger charge is -2.24. The van der Waals surface area contributed by atoms with Crippen molar-refractivity contribution in [3.05, 3.63) is 52.0 Å². The van der Waals surface area contributed by atoms with Gasteiger partial charge in [-0.3, -0.25) is 0 Å². The summed E-state index contributed by atoms with van der Waals surface area (Å²) in [6.07, 6.45) is 6.53. The van der Waals surface area contributed by atoms with Crippen molar-refractivity contribution in [2.75, 3.05) is 5.32 Å². The molecule has 2 aromatic rings. The van der Waals surface area contributed by atoms with E-state index >= 15 is 0 Å². The van der Waals surface area contributed by atoms with Crippen molar-refractivity contribution in [3.63, 3.8) is 0 Å². The van der Waals surface area contributed by atoms with Crippen LogP contribution in [0.3, 0.4) is 0 Å². The second-order valence-corrected chi connectivity index (χ2v) is 6.91. The second-order valence-electron chi connectivity index (χ2n) is 6.07. The van der Waals surface area contributed by atoms with E-state index in [0.717, 1.165) is 22.4 Å². The van der Waals surface area contributed by atoms with Crippen molar-refractivity contribution < 1.29 is 0 Å². The predicted octanol–water partition coefficient (Wildman–Crippen LogP) is 6.51. The summed E-state index contributed by atoms with van der Waals surface area (Å²) in [6.45, 7) is 2.07. The molecule has 22 heavy (non-hydrogen) atoms. The summed E-state index contributed by atoms with van der Waals surface area (Å²) < 4.78 is 0. The number of halogens is 2. The average Bonchev–Trinajstić information content (AvgIpc) is 2.47. The van der Waals surface area contributed by atoms with Crippen LogP contribution in [-0.4, -0.2) is 6.04 Å². The van der Waals surface area contributed by atoms with Crippen LogP contribution in [0.5, 0.6) is 0 Å². The summed E-state index contributed by atoms with van der Waals surface area (Å²) in [5.41, 5.74) is 4.26. The van der Waals surface area contributed by atoms with Gasteiger partial charge in [-0.25, -0.2) is 0 Å². The third-order valence-electron chi connectivity index (χ3n) is 4.20. The van der Waals surface area contributed by atoms with E-state index in [1.165, 1.54) is 32.1 Å². The van der Waals surface area contributed by atoms with Crippen LogP contribution in [0.1, 0.15) is 37.7 Å². The highest BCUT2D eigenvalue weighted by molar-refractivity contribution is 6.36. The Kier molecular flexibility index (Phi) is 4.95. The highest BCUT2D eigenvalue weighted by Gasteiger charge is 2.14. The van der Waals surface area contributed by atoms with Crippen molar-refractivity contribution in [1.82, 2.24) is 0 Å². The first-order valence-corrected chi connectivity index (χ1v) is 8.63. The summed E-state index contributed by atoms with van der Waals surface area (Å²) in [5.74, 6) is 0. The molecule has 0 bridgehead atoms. The van der Waals surface area contributed by atoms with E-state index in [-0.39, 0.29) is 0 Å². The maximum Gasteiger partial charge on any atom is 0.0499 e. The van der Waals surface area contributed by atoms with Gasteiger partial charge in [-0.15, -0.1) is 0 Å². The molecule has 0 heterocycles. The van der Waals surface area contributed by atoms with E-state index in [1.807, 2.05) is 12.1 Å². The van der Waals surface area contributed by atoms with Gasteiger partial charge in [0.25, 0.3) is 0 Å². The highest BCUT2D eigenvalue weighted by atomic mass is 35.5. The third-order valence-corrected chi connectivity index (χ3v) is 4.75. The molecule has 0 unspecified atom stereocenters. The fraction of sp³-hybridized carbons (Fsp3) is 0.368. The maximum absolute atomic E-state index is 6.34. The number of benzene rings is 2. The fourth-order valence-electron chi connectivity index (χ4n) is 3.13. The third kappa shape index (κ3) is 3.77. The number of hydrogen-bond acceptors (Lipinski definition) is 1. The molecule has 0 aromatic heterocycles. The van der Waals surface area contributed by atoms with Crippen molar-refractivity contribution in [3.8, 4) is 11.1 Å². The quantitative estimate of drug-likeness (QED) is 0.675. The molecule has 1 saturated carbocycles. The zero-order valence-corrected chi connectivity index (χ0v) is 14.3. The Morgan fingerprint density at radius 2 is 1.82 bits per heavy atom. The Labute approximate surface area is 142 Å². The minimum atomic E-state index is 0.587. The van der Waals surface area contributed by atoms with Crippen molar-refractivity contribution in [2.45, 2.75) is 45.1 Å². The van der Waals surface area contributed by atoms with Crippen LogP contribution in [0.2, 0.25) is 10.0 Å². The molecule has 0 spiro atoms. The molecule has 1 N–H and O–H groups in total. The molecule has 2 aromatic carbocycles. The Hall–Kier alpha value is -1.18. The first-order valence-electron chi connectivity index (χ1n) is 7.88. The first kappa shape index (κ1) is 15.7. The standard InChI is InChI=1S/C19H20Cl2N/c1-13-9-14(18-8-7-15(20)12-19(18)21)11-17(10-13)22-16-5-3-2-4-6-16/h7-8,10-12,16,22H,2-6H2,1H3. The molecular weight excluding hydrogens is 313 g/mol. The van der Waals surface area contributed by atoms with Gasteiger partial charge >= 0.3 is 0 Å². The average molecular weight is 333 g/mol. The molecule has 0 atom stereocenters. The largest absolute Gasteiger partial charge is 0.382 e. The van der Waals surface area contributed by atoms with Gasteiger partial charge in [-0.05, 0) is 61.2 Å². The topological polar surface area (TPSA) is 12.0 Å². The van der Waals surface area contributed by atoms with E-state index in [2.05, 4.69) is 30.4 Å². The maximum atomic E-state index is 6.34. The molecule has 3 rings (SSSR count). The minimum absolute atomic E-state index is 0.587. The summed E-state index contributed by atoms with van der Waals surface area (Å²) in [4.78, 5) is 0. The molecule has 0 amide bonds. The number of rotatable bonds is 3. The summed E-state index contributed by atoms with van der Waals surface area (Å²) in [5, 5.41) is 4.99. The Morgan fingerprint density at radius 3 is 2.55 bits per heavy atom. The monoisotopic (exact) mass is 332 g/mol. The van der Waals surface area contributed by atoms with E-state index in [4.69, 9.17) is 23.2 Å². The first-order chi connectivity index (χ1) is 10.6. The highest BCUT2D eigenvalue weighted by Crippen LogP contribution is 2.33. The van der Waals surface area contributed by atoms with Gasteiger partial charge in [0.15, 0.2) is 0 Å². The predicted molar refractivity (Wildman–Crippen MR) is 96.0 cm³/mol. The number of anilines is 1. The van der Waals surface area contributed by atoms with E-state index in [9.17, 15) is 0 Å². The van der Waals surface area contributed by atoms with Gasteiger partial charge in [0, 0.05) is 27.3 Å². The Bertz CT molecular complexity index is 660. The molecule has 115 valence electrons. The zero-order valence-electron chi connectivity index (χ0n) is 12.8. The number of aryl methyl sites for hydroxylation is 1. The molecule has 3 heteroatoms. The normalized spacial score (nSPS) is 15.8. The zero-order chi connectivity index (χ0) is 15.5. The van der Waals surface area contributed by atoms with Crippen LogP contribution < -0.4 is 5.32 Å². The summed E-state index contributed by atoms with van der Waals surface area (Å²) in [6, 6.07) is 13.9. The van der Waals surface area contributed by atoms with Gasteiger partial charge in [0.1, 0.15) is 0 Å². The Morgan fingerprint density at radius 1 is 1.05 bits per heavy atom. The summed E-state index contributed by atoms with van der Waals surface area (Å²) in [7, 11) is 0. The van der Waals surface area contributed by atoms with Crippen LogP contribution in [0.25, 0.3) is 11.1 Å². The lowest BCUT2D eigenvalue weighted by molar-refractivity contribution is 0.463. The smallest absolute Gasteiger partial charge is 0.0499 e. The fourth-order valence-corrected chi connectivity index (χ4v) is 3.64. The minimum Gasteiger partial charge on any atom is -0.382 e. The van der Waals surface area contributed by atoms with Crippen LogP contribution >= 0.6 is 23.2 Å². The SMILES string of the molecule is Cc1[c]c(-c2ccc(Cl)cc2Cl)cc(NC2CCCCC2)c1. The number of hydrogen-bond donors (Lipinski definition) is 1. The molecule has 1 aliphatic carbocycles. The van der Waals surface area contributed by atoms with E-state index in [0.29, 0.717) is 16.1 Å². The Balaban J connectivity index is 1.88. The van der Waals surface area contributed by atoms with Crippen molar-refractivity contribution in [2.24, 2.45) is 0 Å². The van der Waals surface area contributed by atoms with Gasteiger partial charge in [0.05, 0.1) is 0 Å².